The summed E-state index contributed by atoms with van der Waals surface area (Å²) in [6.45, 7) is 11.7. The van der Waals surface area contributed by atoms with Gasteiger partial charge in [-0.1, -0.05) is 6.07 Å². The van der Waals surface area contributed by atoms with Crippen molar-refractivity contribution in [3.8, 4) is 5.75 Å². The fraction of sp³-hybridized carbons (Fsp3) is 0.600. The predicted octanol–water partition coefficient (Wildman–Crippen LogP) is 1.98. The number of ether oxygens (including phenoxy) is 1. The standard InChI is InChI=1S/C15H24N2O/c1-12-8-13(2)10-15(9-12)18-11-14(3)17-6-4-16-5-7-17/h8-10,14,16H,4-7,11H2,1-3H3. The Labute approximate surface area is 110 Å². The highest BCUT2D eigenvalue weighted by atomic mass is 16.5. The van der Waals surface area contributed by atoms with Gasteiger partial charge < -0.3 is 10.1 Å². The molecule has 1 N–H and O–H groups in total. The molecule has 0 spiro atoms. The van der Waals surface area contributed by atoms with Crippen LogP contribution in [0, 0.1) is 13.8 Å². The lowest BCUT2D eigenvalue weighted by Gasteiger charge is -2.32. The second-order valence-electron chi connectivity index (χ2n) is 5.27. The maximum Gasteiger partial charge on any atom is 0.119 e. The molecule has 0 aliphatic carbocycles. The van der Waals surface area contributed by atoms with Gasteiger partial charge in [0, 0.05) is 32.2 Å². The highest BCUT2D eigenvalue weighted by molar-refractivity contribution is 5.32. The molecule has 0 saturated carbocycles. The molecule has 1 aliphatic heterocycles. The van der Waals surface area contributed by atoms with Crippen LogP contribution in [0.2, 0.25) is 0 Å². The molecule has 18 heavy (non-hydrogen) atoms. The fourth-order valence-electron chi connectivity index (χ4n) is 2.46. The Balaban J connectivity index is 1.86. The molecule has 2 rings (SSSR count). The minimum absolute atomic E-state index is 0.480. The summed E-state index contributed by atoms with van der Waals surface area (Å²) in [7, 11) is 0. The van der Waals surface area contributed by atoms with Crippen molar-refractivity contribution in [1.82, 2.24) is 10.2 Å². The molecule has 1 aromatic carbocycles. The van der Waals surface area contributed by atoms with Crippen LogP contribution in [-0.4, -0.2) is 43.7 Å². The predicted molar refractivity (Wildman–Crippen MR) is 75.3 cm³/mol. The van der Waals surface area contributed by atoms with Gasteiger partial charge in [-0.15, -0.1) is 0 Å². The van der Waals surface area contributed by atoms with E-state index in [1.54, 1.807) is 0 Å². The van der Waals surface area contributed by atoms with Crippen LogP contribution in [-0.2, 0) is 0 Å². The van der Waals surface area contributed by atoms with Crippen LogP contribution in [0.25, 0.3) is 0 Å². The van der Waals surface area contributed by atoms with E-state index in [-0.39, 0.29) is 0 Å². The molecule has 1 saturated heterocycles. The van der Waals surface area contributed by atoms with E-state index in [0.717, 1.165) is 38.5 Å². The summed E-state index contributed by atoms with van der Waals surface area (Å²) in [6.07, 6.45) is 0. The van der Waals surface area contributed by atoms with Gasteiger partial charge in [-0.05, 0) is 44.0 Å². The van der Waals surface area contributed by atoms with Crippen LogP contribution in [0.15, 0.2) is 18.2 Å². The van der Waals surface area contributed by atoms with Gasteiger partial charge in [0.1, 0.15) is 12.4 Å². The van der Waals surface area contributed by atoms with Gasteiger partial charge in [0.05, 0.1) is 0 Å². The van der Waals surface area contributed by atoms with Gasteiger partial charge >= 0.3 is 0 Å². The molecule has 1 fully saturated rings. The first kappa shape index (κ1) is 13.4. The van der Waals surface area contributed by atoms with Gasteiger partial charge in [-0.3, -0.25) is 4.90 Å². The molecule has 1 heterocycles. The van der Waals surface area contributed by atoms with E-state index in [2.05, 4.69) is 49.2 Å². The maximum atomic E-state index is 5.92. The van der Waals surface area contributed by atoms with Gasteiger partial charge in [0.2, 0.25) is 0 Å². The Kier molecular flexibility index (Phi) is 4.61. The van der Waals surface area contributed by atoms with Gasteiger partial charge in [-0.2, -0.15) is 0 Å². The van der Waals surface area contributed by atoms with Crippen molar-refractivity contribution in [2.24, 2.45) is 0 Å². The second kappa shape index (κ2) is 6.21. The van der Waals surface area contributed by atoms with Gasteiger partial charge in [0.25, 0.3) is 0 Å². The summed E-state index contributed by atoms with van der Waals surface area (Å²) in [4.78, 5) is 2.49. The van der Waals surface area contributed by atoms with E-state index in [1.165, 1.54) is 11.1 Å². The van der Waals surface area contributed by atoms with E-state index in [0.29, 0.717) is 6.04 Å². The van der Waals surface area contributed by atoms with Gasteiger partial charge in [0.15, 0.2) is 0 Å². The second-order valence-corrected chi connectivity index (χ2v) is 5.27. The third-order valence-electron chi connectivity index (χ3n) is 3.46. The number of hydrogen-bond acceptors (Lipinski definition) is 3. The summed E-state index contributed by atoms with van der Waals surface area (Å²) in [5, 5.41) is 3.38. The van der Waals surface area contributed by atoms with Crippen LogP contribution in [0.5, 0.6) is 5.75 Å². The van der Waals surface area contributed by atoms with Crippen molar-refractivity contribution in [3.05, 3.63) is 29.3 Å². The van der Waals surface area contributed by atoms with Gasteiger partial charge in [-0.25, -0.2) is 0 Å². The number of nitrogens with zero attached hydrogens (tertiary/aromatic N) is 1. The molecular formula is C15H24N2O. The molecule has 1 atom stereocenters. The zero-order chi connectivity index (χ0) is 13.0. The third-order valence-corrected chi connectivity index (χ3v) is 3.46. The van der Waals surface area contributed by atoms with Crippen molar-refractivity contribution < 1.29 is 4.74 Å². The first-order chi connectivity index (χ1) is 8.65. The zero-order valence-corrected chi connectivity index (χ0v) is 11.7. The lowest BCUT2D eigenvalue weighted by Crippen LogP contribution is -2.49. The van der Waals surface area contributed by atoms with Crippen LogP contribution in [0.4, 0.5) is 0 Å². The smallest absolute Gasteiger partial charge is 0.119 e. The highest BCUT2D eigenvalue weighted by Gasteiger charge is 2.16. The largest absolute Gasteiger partial charge is 0.492 e. The lowest BCUT2D eigenvalue weighted by molar-refractivity contribution is 0.132. The molecule has 0 amide bonds. The number of nitrogens with one attached hydrogen (secondary N) is 1. The minimum Gasteiger partial charge on any atom is -0.492 e. The van der Waals surface area contributed by atoms with E-state index in [9.17, 15) is 0 Å². The number of hydrogen-bond donors (Lipinski definition) is 1. The normalized spacial score (nSPS) is 18.6. The van der Waals surface area contributed by atoms with Crippen molar-refractivity contribution in [1.29, 1.82) is 0 Å². The number of rotatable bonds is 4. The number of piperazine rings is 1. The average Bonchev–Trinajstić information content (AvgIpc) is 2.36. The fourth-order valence-corrected chi connectivity index (χ4v) is 2.46. The van der Waals surface area contributed by atoms with Crippen molar-refractivity contribution in [2.75, 3.05) is 32.8 Å². The Hall–Kier alpha value is -1.06. The Bertz CT molecular complexity index is 366. The van der Waals surface area contributed by atoms with E-state index in [4.69, 9.17) is 4.74 Å². The SMILES string of the molecule is Cc1cc(C)cc(OCC(C)N2CCNCC2)c1. The average molecular weight is 248 g/mol. The molecule has 1 aromatic rings. The van der Waals surface area contributed by atoms with Crippen LogP contribution < -0.4 is 10.1 Å². The van der Waals surface area contributed by atoms with E-state index < -0.39 is 0 Å². The summed E-state index contributed by atoms with van der Waals surface area (Å²) in [5.41, 5.74) is 2.53. The topological polar surface area (TPSA) is 24.5 Å². The summed E-state index contributed by atoms with van der Waals surface area (Å²) < 4.78 is 5.92. The number of benzene rings is 1. The van der Waals surface area contributed by atoms with Crippen LogP contribution >= 0.6 is 0 Å². The Morgan fingerprint density at radius 1 is 1.17 bits per heavy atom. The van der Waals surface area contributed by atoms with Crippen molar-refractivity contribution >= 4 is 0 Å². The molecule has 0 radical (unpaired) electrons. The van der Waals surface area contributed by atoms with Crippen LogP contribution in [0.1, 0.15) is 18.1 Å². The van der Waals surface area contributed by atoms with E-state index >= 15 is 0 Å². The van der Waals surface area contributed by atoms with E-state index in [1.807, 2.05) is 0 Å². The quantitative estimate of drug-likeness (QED) is 0.882. The minimum atomic E-state index is 0.480. The molecule has 3 heteroatoms. The summed E-state index contributed by atoms with van der Waals surface area (Å²) in [5.74, 6) is 0.995. The van der Waals surface area contributed by atoms with Crippen LogP contribution in [0.3, 0.4) is 0 Å². The van der Waals surface area contributed by atoms with Crippen molar-refractivity contribution in [3.63, 3.8) is 0 Å². The zero-order valence-electron chi connectivity index (χ0n) is 11.7. The molecule has 1 unspecified atom stereocenters. The summed E-state index contributed by atoms with van der Waals surface area (Å²) >= 11 is 0. The molecule has 0 bridgehead atoms. The Morgan fingerprint density at radius 2 is 1.78 bits per heavy atom. The Morgan fingerprint density at radius 3 is 2.39 bits per heavy atom. The molecule has 0 aromatic heterocycles. The van der Waals surface area contributed by atoms with Crippen molar-refractivity contribution in [2.45, 2.75) is 26.8 Å². The molecule has 3 nitrogen and oxygen atoms in total. The lowest BCUT2D eigenvalue weighted by atomic mass is 10.1. The molecule has 100 valence electrons. The number of aryl methyl sites for hydroxylation is 2. The highest BCUT2D eigenvalue weighted by Crippen LogP contribution is 2.17. The third kappa shape index (κ3) is 3.72. The first-order valence-corrected chi connectivity index (χ1v) is 6.81. The molecule has 1 aliphatic rings. The first-order valence-electron chi connectivity index (χ1n) is 6.81. The monoisotopic (exact) mass is 248 g/mol. The summed E-state index contributed by atoms with van der Waals surface area (Å²) in [6, 6.07) is 6.87. The maximum absolute atomic E-state index is 5.92. The molecular weight excluding hydrogens is 224 g/mol.